The van der Waals surface area contributed by atoms with Crippen LogP contribution in [0.25, 0.3) is 10.8 Å². The van der Waals surface area contributed by atoms with E-state index in [1.807, 2.05) is 36.4 Å². The van der Waals surface area contributed by atoms with Crippen LogP contribution in [0, 0.1) is 5.92 Å². The molecule has 3 atom stereocenters. The van der Waals surface area contributed by atoms with Gasteiger partial charge in [-0.25, -0.2) is 4.90 Å². The van der Waals surface area contributed by atoms with Crippen molar-refractivity contribution in [3.05, 3.63) is 122 Å². The average molecular weight is 680 g/mol. The molecular formula is C33H21ClF3N3O4S2. The van der Waals surface area contributed by atoms with E-state index in [9.17, 15) is 32.3 Å². The van der Waals surface area contributed by atoms with E-state index in [0.29, 0.717) is 26.2 Å². The molecule has 13 heteroatoms. The summed E-state index contributed by atoms with van der Waals surface area (Å²) in [6.07, 6.45) is -4.68. The SMILES string of the molecule is O=C(Cn1c2c(sc1=O)[C@@H](c1ccc(Cl)cc1)[C@@H]1C(=O)N(c3cccc(C(F)(F)F)c3)C(=O)[C@@H]1S2)Nc1ccc2ccccc2c1. The lowest BCUT2D eigenvalue weighted by atomic mass is 9.83. The fourth-order valence-electron chi connectivity index (χ4n) is 5.97. The van der Waals surface area contributed by atoms with Crippen molar-refractivity contribution in [2.45, 2.75) is 28.9 Å². The van der Waals surface area contributed by atoms with Crippen LogP contribution in [-0.2, 0) is 27.1 Å². The van der Waals surface area contributed by atoms with Crippen molar-refractivity contribution >= 4 is 74.6 Å². The van der Waals surface area contributed by atoms with Gasteiger partial charge in [-0.1, -0.05) is 83.2 Å². The van der Waals surface area contributed by atoms with Crippen molar-refractivity contribution < 1.29 is 27.6 Å². The van der Waals surface area contributed by atoms with Gasteiger partial charge in [-0.2, -0.15) is 13.2 Å². The highest BCUT2D eigenvalue weighted by atomic mass is 35.5. The molecule has 0 radical (unpaired) electrons. The van der Waals surface area contributed by atoms with Crippen LogP contribution in [0.15, 0.2) is 101 Å². The molecule has 3 heterocycles. The van der Waals surface area contributed by atoms with E-state index < -0.39 is 51.4 Å². The van der Waals surface area contributed by atoms with Crippen LogP contribution in [0.3, 0.4) is 0 Å². The maximum Gasteiger partial charge on any atom is 0.416 e. The number of fused-ring (bicyclic) bond motifs is 3. The number of anilines is 2. The molecule has 232 valence electrons. The van der Waals surface area contributed by atoms with Gasteiger partial charge in [0.2, 0.25) is 17.7 Å². The van der Waals surface area contributed by atoms with Crippen molar-refractivity contribution in [3.8, 4) is 0 Å². The minimum Gasteiger partial charge on any atom is -0.325 e. The van der Waals surface area contributed by atoms with Gasteiger partial charge in [0.05, 0.1) is 22.2 Å². The number of alkyl halides is 3. The monoisotopic (exact) mass is 679 g/mol. The number of rotatable bonds is 5. The Morgan fingerprint density at radius 1 is 0.870 bits per heavy atom. The summed E-state index contributed by atoms with van der Waals surface area (Å²) in [6.45, 7) is -0.352. The number of imide groups is 1. The predicted octanol–water partition coefficient (Wildman–Crippen LogP) is 7.17. The fourth-order valence-corrected chi connectivity index (χ4v) is 8.87. The lowest BCUT2D eigenvalue weighted by Gasteiger charge is -2.30. The number of aromatic nitrogens is 1. The zero-order valence-electron chi connectivity index (χ0n) is 23.5. The first kappa shape index (κ1) is 30.3. The van der Waals surface area contributed by atoms with Gasteiger partial charge >= 0.3 is 11.0 Å². The third kappa shape index (κ3) is 5.29. The van der Waals surface area contributed by atoms with E-state index in [-0.39, 0.29) is 12.2 Å². The molecule has 4 aromatic carbocycles. The molecule has 0 spiro atoms. The first-order valence-corrected chi connectivity index (χ1v) is 16.1. The summed E-state index contributed by atoms with van der Waals surface area (Å²) in [6, 6.07) is 23.8. The van der Waals surface area contributed by atoms with Crippen LogP contribution >= 0.6 is 34.7 Å². The van der Waals surface area contributed by atoms with Crippen molar-refractivity contribution in [3.63, 3.8) is 0 Å². The number of benzene rings is 4. The van der Waals surface area contributed by atoms with Crippen LogP contribution in [0.5, 0.6) is 0 Å². The molecule has 2 aliphatic rings. The number of nitrogens with one attached hydrogen (secondary N) is 1. The largest absolute Gasteiger partial charge is 0.416 e. The number of thioether (sulfide) groups is 1. The van der Waals surface area contributed by atoms with Gasteiger partial charge < -0.3 is 5.32 Å². The average Bonchev–Trinajstić information content (AvgIpc) is 3.47. The summed E-state index contributed by atoms with van der Waals surface area (Å²) < 4.78 is 41.9. The van der Waals surface area contributed by atoms with Crippen molar-refractivity contribution in [1.29, 1.82) is 0 Å². The molecular weight excluding hydrogens is 659 g/mol. The number of carbonyl (C=O) groups excluding carboxylic acids is 3. The van der Waals surface area contributed by atoms with Crippen LogP contribution in [0.2, 0.25) is 5.02 Å². The summed E-state index contributed by atoms with van der Waals surface area (Å²) in [5.41, 5.74) is -0.0409. The summed E-state index contributed by atoms with van der Waals surface area (Å²) in [5, 5.41) is 4.48. The van der Waals surface area contributed by atoms with Crippen molar-refractivity contribution in [2.75, 3.05) is 10.2 Å². The Kier molecular flexibility index (Phi) is 7.53. The molecule has 5 aromatic rings. The van der Waals surface area contributed by atoms with E-state index >= 15 is 0 Å². The third-order valence-corrected chi connectivity index (χ3v) is 10.9. The Labute approximate surface area is 272 Å². The van der Waals surface area contributed by atoms with Crippen molar-refractivity contribution in [2.24, 2.45) is 5.92 Å². The Hall–Kier alpha value is -4.39. The van der Waals surface area contributed by atoms with Gasteiger partial charge in [0, 0.05) is 21.5 Å². The molecule has 2 aliphatic heterocycles. The van der Waals surface area contributed by atoms with Gasteiger partial charge in [-0.05, 0) is 58.8 Å². The minimum atomic E-state index is -4.68. The Morgan fingerprint density at radius 3 is 2.35 bits per heavy atom. The number of thiazole rings is 1. The molecule has 1 N–H and O–H groups in total. The topological polar surface area (TPSA) is 88.5 Å². The molecule has 7 rings (SSSR count). The van der Waals surface area contributed by atoms with E-state index in [2.05, 4.69) is 5.32 Å². The highest BCUT2D eigenvalue weighted by molar-refractivity contribution is 8.00. The van der Waals surface area contributed by atoms with E-state index in [4.69, 9.17) is 11.6 Å². The summed E-state index contributed by atoms with van der Waals surface area (Å²) >= 11 is 7.98. The number of amides is 3. The van der Waals surface area contributed by atoms with Crippen LogP contribution in [0.1, 0.15) is 21.9 Å². The predicted molar refractivity (Wildman–Crippen MR) is 172 cm³/mol. The van der Waals surface area contributed by atoms with Gasteiger partial charge in [0.1, 0.15) is 11.8 Å². The first-order valence-electron chi connectivity index (χ1n) is 14.0. The van der Waals surface area contributed by atoms with Crippen LogP contribution in [-0.4, -0.2) is 27.5 Å². The molecule has 3 amide bonds. The van der Waals surface area contributed by atoms with Gasteiger partial charge in [-0.3, -0.25) is 23.7 Å². The number of halogens is 4. The van der Waals surface area contributed by atoms with Gasteiger partial charge in [0.15, 0.2) is 0 Å². The normalized spacial score (nSPS) is 19.3. The molecule has 1 fully saturated rings. The number of hydrogen-bond donors (Lipinski definition) is 1. The molecule has 1 saturated heterocycles. The van der Waals surface area contributed by atoms with Crippen LogP contribution in [0.4, 0.5) is 24.5 Å². The summed E-state index contributed by atoms with van der Waals surface area (Å²) in [4.78, 5) is 55.3. The van der Waals surface area contributed by atoms with Gasteiger partial charge in [-0.15, -0.1) is 0 Å². The Bertz CT molecular complexity index is 2110. The highest BCUT2D eigenvalue weighted by Crippen LogP contribution is 2.54. The van der Waals surface area contributed by atoms with E-state index in [0.717, 1.165) is 57.0 Å². The summed E-state index contributed by atoms with van der Waals surface area (Å²) in [7, 11) is 0. The second-order valence-electron chi connectivity index (χ2n) is 10.9. The third-order valence-electron chi connectivity index (χ3n) is 8.05. The lowest BCUT2D eigenvalue weighted by molar-refractivity contribution is -0.137. The maximum atomic E-state index is 14.0. The maximum absolute atomic E-state index is 14.0. The van der Waals surface area contributed by atoms with E-state index in [1.165, 1.54) is 10.6 Å². The summed E-state index contributed by atoms with van der Waals surface area (Å²) in [5.74, 6) is -3.64. The second-order valence-corrected chi connectivity index (χ2v) is 13.4. The Morgan fingerprint density at radius 2 is 1.61 bits per heavy atom. The molecule has 7 nitrogen and oxygen atoms in total. The number of nitrogens with zero attached hydrogens (tertiary/aromatic N) is 2. The first-order chi connectivity index (χ1) is 22.0. The lowest BCUT2D eigenvalue weighted by Crippen LogP contribution is -2.33. The van der Waals surface area contributed by atoms with Crippen LogP contribution < -0.4 is 15.1 Å². The standard InChI is InChI=1S/C33H21ClF3N3O4S2/c34-21-11-8-18(9-12-21)25-26-27(30(43)40(29(26)42)23-7-3-6-20(15-23)33(35,36)37)45-31-28(25)46-32(44)39(31)16-24(41)38-22-13-10-17-4-1-2-5-19(17)14-22/h1-15,25-27H,16H2,(H,38,41)/t25-,26-,27+/m0/s1. The molecule has 0 aliphatic carbocycles. The zero-order chi connectivity index (χ0) is 32.3. The smallest absolute Gasteiger partial charge is 0.325 e. The van der Waals surface area contributed by atoms with E-state index in [1.54, 1.807) is 30.3 Å². The van der Waals surface area contributed by atoms with Crippen molar-refractivity contribution in [1.82, 2.24) is 4.57 Å². The minimum absolute atomic E-state index is 0.190. The molecule has 46 heavy (non-hydrogen) atoms. The number of hydrogen-bond acceptors (Lipinski definition) is 6. The fraction of sp³-hybridized carbons (Fsp3) is 0.152. The molecule has 0 unspecified atom stereocenters. The van der Waals surface area contributed by atoms with Gasteiger partial charge in [0.25, 0.3) is 0 Å². The quantitative estimate of drug-likeness (QED) is 0.199. The molecule has 0 bridgehead atoms. The zero-order valence-corrected chi connectivity index (χ0v) is 25.8. The Balaban J connectivity index is 1.26. The highest BCUT2D eigenvalue weighted by Gasteiger charge is 2.57. The second kappa shape index (κ2) is 11.4. The molecule has 1 aromatic heterocycles. The number of carbonyl (C=O) groups is 3. The molecule has 0 saturated carbocycles.